The van der Waals surface area contributed by atoms with Crippen molar-refractivity contribution in [3.63, 3.8) is 0 Å². The van der Waals surface area contributed by atoms with Gasteiger partial charge in [-0.3, -0.25) is 0 Å². The van der Waals surface area contributed by atoms with E-state index in [1.807, 2.05) is 13.0 Å². The lowest BCUT2D eigenvalue weighted by molar-refractivity contribution is 0.639. The zero-order valence-electron chi connectivity index (χ0n) is 8.22. The van der Waals surface area contributed by atoms with Crippen molar-refractivity contribution < 1.29 is 4.39 Å². The van der Waals surface area contributed by atoms with Gasteiger partial charge in [0.25, 0.3) is 0 Å². The second-order valence-corrected chi connectivity index (χ2v) is 4.00. The molecule has 0 fully saturated rings. The molecule has 0 aliphatic carbocycles. The molecular formula is C11H10BrFN2. The number of nitrogens with zero attached hydrogens (tertiary/aromatic N) is 1. The van der Waals surface area contributed by atoms with Crippen molar-refractivity contribution in [2.24, 2.45) is 0 Å². The van der Waals surface area contributed by atoms with Crippen LogP contribution in [0.5, 0.6) is 0 Å². The Balaban J connectivity index is 2.78. The molecule has 15 heavy (non-hydrogen) atoms. The normalized spacial score (nSPS) is 10.6. The second-order valence-electron chi connectivity index (χ2n) is 3.15. The van der Waals surface area contributed by atoms with E-state index in [9.17, 15) is 4.39 Å². The third-order valence-electron chi connectivity index (χ3n) is 2.16. The highest BCUT2D eigenvalue weighted by Gasteiger charge is 2.09. The van der Waals surface area contributed by atoms with Crippen LogP contribution in [0, 0.1) is 5.82 Å². The minimum absolute atomic E-state index is 0.253. The molecule has 0 amide bonds. The third kappa shape index (κ3) is 1.81. The molecule has 2 rings (SSSR count). The van der Waals surface area contributed by atoms with Crippen molar-refractivity contribution in [1.29, 1.82) is 0 Å². The van der Waals surface area contributed by atoms with Crippen molar-refractivity contribution in [2.75, 3.05) is 11.9 Å². The summed E-state index contributed by atoms with van der Waals surface area (Å²) in [6.45, 7) is 2.68. The summed E-state index contributed by atoms with van der Waals surface area (Å²) in [6.07, 6.45) is 1.68. The number of halogens is 2. The van der Waals surface area contributed by atoms with Gasteiger partial charge in [-0.2, -0.15) is 0 Å². The molecular weight excluding hydrogens is 259 g/mol. The van der Waals surface area contributed by atoms with Crippen LogP contribution in [0.15, 0.2) is 28.9 Å². The summed E-state index contributed by atoms with van der Waals surface area (Å²) in [5.41, 5.74) is 0. The quantitative estimate of drug-likeness (QED) is 0.901. The van der Waals surface area contributed by atoms with E-state index in [1.54, 1.807) is 12.3 Å². The average molecular weight is 269 g/mol. The van der Waals surface area contributed by atoms with E-state index in [2.05, 4.69) is 26.2 Å². The van der Waals surface area contributed by atoms with Gasteiger partial charge in [-0.15, -0.1) is 0 Å². The lowest BCUT2D eigenvalue weighted by Gasteiger charge is -2.08. The second kappa shape index (κ2) is 4.14. The van der Waals surface area contributed by atoms with E-state index in [0.717, 1.165) is 16.4 Å². The molecule has 2 nitrogen and oxygen atoms in total. The van der Waals surface area contributed by atoms with Gasteiger partial charge in [0, 0.05) is 22.6 Å². The average Bonchev–Trinajstić information content (AvgIpc) is 2.23. The van der Waals surface area contributed by atoms with Gasteiger partial charge >= 0.3 is 0 Å². The molecule has 1 heterocycles. The first kappa shape index (κ1) is 10.4. The van der Waals surface area contributed by atoms with E-state index in [1.165, 1.54) is 6.07 Å². The van der Waals surface area contributed by atoms with E-state index in [4.69, 9.17) is 0 Å². The lowest BCUT2D eigenvalue weighted by Crippen LogP contribution is -2.01. The summed E-state index contributed by atoms with van der Waals surface area (Å²) in [5, 5.41) is 4.42. The number of benzene rings is 1. The van der Waals surface area contributed by atoms with E-state index < -0.39 is 0 Å². The van der Waals surface area contributed by atoms with Gasteiger partial charge in [0.05, 0.1) is 5.39 Å². The van der Waals surface area contributed by atoms with Gasteiger partial charge < -0.3 is 5.32 Å². The highest BCUT2D eigenvalue weighted by molar-refractivity contribution is 9.10. The molecule has 0 unspecified atom stereocenters. The molecule has 0 radical (unpaired) electrons. The molecule has 4 heteroatoms. The Morgan fingerprint density at radius 2 is 2.27 bits per heavy atom. The number of aromatic nitrogens is 1. The van der Waals surface area contributed by atoms with Crippen molar-refractivity contribution in [2.45, 2.75) is 6.92 Å². The number of hydrogen-bond donors (Lipinski definition) is 1. The summed E-state index contributed by atoms with van der Waals surface area (Å²) in [5.74, 6) is 0.339. The molecule has 0 spiro atoms. The van der Waals surface area contributed by atoms with Gasteiger partial charge in [0.2, 0.25) is 0 Å². The molecule has 2 aromatic rings. The first-order chi connectivity index (χ1) is 7.24. The Labute approximate surface area is 95.6 Å². The lowest BCUT2D eigenvalue weighted by atomic mass is 10.1. The number of hydrogen-bond acceptors (Lipinski definition) is 2. The Kier molecular flexibility index (Phi) is 2.86. The maximum absolute atomic E-state index is 13.6. The number of anilines is 1. The standard InChI is InChI=1S/C11H10BrFN2/c1-2-14-11-10-7(8(12)6-15-11)4-3-5-9(10)13/h3-6H,2H2,1H3,(H,14,15). The summed E-state index contributed by atoms with van der Waals surface area (Å²) >= 11 is 3.36. The fourth-order valence-corrected chi connectivity index (χ4v) is 1.95. The molecule has 1 N–H and O–H groups in total. The highest BCUT2D eigenvalue weighted by atomic mass is 79.9. The van der Waals surface area contributed by atoms with Crippen molar-refractivity contribution in [3.8, 4) is 0 Å². The predicted octanol–water partition coefficient (Wildman–Crippen LogP) is 3.57. The fourth-order valence-electron chi connectivity index (χ4n) is 1.52. The highest BCUT2D eigenvalue weighted by Crippen LogP contribution is 2.29. The van der Waals surface area contributed by atoms with E-state index in [0.29, 0.717) is 11.2 Å². The number of nitrogens with one attached hydrogen (secondary N) is 1. The van der Waals surface area contributed by atoms with Crippen LogP contribution < -0.4 is 5.32 Å². The first-order valence-electron chi connectivity index (χ1n) is 4.70. The monoisotopic (exact) mass is 268 g/mol. The zero-order chi connectivity index (χ0) is 10.8. The fraction of sp³-hybridized carbons (Fsp3) is 0.182. The summed E-state index contributed by atoms with van der Waals surface area (Å²) in [4.78, 5) is 4.16. The van der Waals surface area contributed by atoms with E-state index in [-0.39, 0.29) is 5.82 Å². The van der Waals surface area contributed by atoms with Crippen molar-refractivity contribution in [3.05, 3.63) is 34.7 Å². The van der Waals surface area contributed by atoms with Crippen molar-refractivity contribution >= 4 is 32.5 Å². The van der Waals surface area contributed by atoms with Crippen LogP contribution in [-0.2, 0) is 0 Å². The van der Waals surface area contributed by atoms with Crippen LogP contribution in [0.4, 0.5) is 10.2 Å². The van der Waals surface area contributed by atoms with Crippen molar-refractivity contribution in [1.82, 2.24) is 4.98 Å². The molecule has 0 saturated carbocycles. The smallest absolute Gasteiger partial charge is 0.136 e. The van der Waals surface area contributed by atoms with Crippen LogP contribution in [0.3, 0.4) is 0 Å². The molecule has 0 bridgehead atoms. The third-order valence-corrected chi connectivity index (χ3v) is 2.79. The molecule has 0 aliphatic heterocycles. The van der Waals surface area contributed by atoms with Gasteiger partial charge in [0.1, 0.15) is 11.6 Å². The van der Waals surface area contributed by atoms with Crippen LogP contribution in [0.1, 0.15) is 6.92 Å². The molecule has 0 saturated heterocycles. The molecule has 78 valence electrons. The minimum Gasteiger partial charge on any atom is -0.370 e. The zero-order valence-corrected chi connectivity index (χ0v) is 9.81. The molecule has 0 aliphatic rings. The van der Waals surface area contributed by atoms with Gasteiger partial charge in [-0.05, 0) is 28.9 Å². The summed E-state index contributed by atoms with van der Waals surface area (Å²) in [7, 11) is 0. The maximum atomic E-state index is 13.6. The van der Waals surface area contributed by atoms with Crippen LogP contribution in [-0.4, -0.2) is 11.5 Å². The predicted molar refractivity (Wildman–Crippen MR) is 63.6 cm³/mol. The maximum Gasteiger partial charge on any atom is 0.136 e. The SMILES string of the molecule is CCNc1ncc(Br)c2cccc(F)c12. The molecule has 0 atom stereocenters. The van der Waals surface area contributed by atoms with Crippen LogP contribution >= 0.6 is 15.9 Å². The first-order valence-corrected chi connectivity index (χ1v) is 5.50. The largest absolute Gasteiger partial charge is 0.370 e. The Morgan fingerprint density at radius 1 is 1.47 bits per heavy atom. The van der Waals surface area contributed by atoms with Gasteiger partial charge in [-0.25, -0.2) is 9.37 Å². The molecule has 1 aromatic carbocycles. The topological polar surface area (TPSA) is 24.9 Å². The van der Waals surface area contributed by atoms with Gasteiger partial charge in [-0.1, -0.05) is 12.1 Å². The summed E-state index contributed by atoms with van der Waals surface area (Å²) < 4.78 is 14.5. The summed E-state index contributed by atoms with van der Waals surface area (Å²) in [6, 6.07) is 5.00. The Hall–Kier alpha value is -1.16. The van der Waals surface area contributed by atoms with E-state index >= 15 is 0 Å². The number of pyridine rings is 1. The Bertz CT molecular complexity index is 499. The molecule has 1 aromatic heterocycles. The number of rotatable bonds is 2. The number of fused-ring (bicyclic) bond motifs is 1. The Morgan fingerprint density at radius 3 is 3.00 bits per heavy atom. The minimum atomic E-state index is -0.253. The van der Waals surface area contributed by atoms with Crippen LogP contribution in [0.2, 0.25) is 0 Å². The van der Waals surface area contributed by atoms with Crippen LogP contribution in [0.25, 0.3) is 10.8 Å². The van der Waals surface area contributed by atoms with Gasteiger partial charge in [0.15, 0.2) is 0 Å².